The third-order valence-corrected chi connectivity index (χ3v) is 19.6. The first-order chi connectivity index (χ1) is 42.2. The fourth-order valence-corrected chi connectivity index (χ4v) is 15.4. The van der Waals surface area contributed by atoms with Gasteiger partial charge in [0.15, 0.2) is 21.3 Å². The summed E-state index contributed by atoms with van der Waals surface area (Å²) in [6.45, 7) is 0. The van der Waals surface area contributed by atoms with Gasteiger partial charge in [0.05, 0.1) is 11.1 Å². The largest absolute Gasteiger partial charge is 0.448 e. The maximum Gasteiger partial charge on any atom is 0.356 e. The highest BCUT2D eigenvalue weighted by atomic mass is 35.5. The number of β-lactam (4-membered cyclic amide) rings is 1. The van der Waals surface area contributed by atoms with Crippen LogP contribution in [-0.2, 0) is 35.1 Å². The van der Waals surface area contributed by atoms with Crippen LogP contribution in [0.15, 0.2) is 263 Å². The van der Waals surface area contributed by atoms with Gasteiger partial charge in [-0.15, -0.1) is 22.0 Å². The van der Waals surface area contributed by atoms with Crippen molar-refractivity contribution in [3.8, 4) is 0 Å². The second-order valence-electron chi connectivity index (χ2n) is 20.1. The van der Waals surface area contributed by atoms with Crippen LogP contribution >= 0.6 is 57.8 Å². The van der Waals surface area contributed by atoms with Gasteiger partial charge in [-0.2, -0.15) is 0 Å². The number of allylic oxidation sites excluding steroid dienone is 1. The lowest BCUT2D eigenvalue weighted by molar-refractivity contribution is -0.158. The molecule has 8 aromatic carbocycles. The normalized spacial score (nSPS) is 15.1. The molecule has 4 heterocycles. The fourth-order valence-electron chi connectivity index (χ4n) is 11.1. The lowest BCUT2D eigenvalue weighted by Crippen LogP contribution is -2.72. The molecule has 2 amide bonds. The van der Waals surface area contributed by atoms with Gasteiger partial charge in [-0.25, -0.2) is 9.78 Å². The monoisotopic (exact) mass is 1230 g/mol. The first kappa shape index (κ1) is 57.6. The van der Waals surface area contributed by atoms with Crippen LogP contribution in [0.3, 0.4) is 0 Å². The molecule has 2 aliphatic rings. The van der Waals surface area contributed by atoms with Crippen molar-refractivity contribution in [2.75, 3.05) is 22.8 Å². The zero-order chi connectivity index (χ0) is 58.9. The van der Waals surface area contributed by atoms with Crippen molar-refractivity contribution < 1.29 is 24.0 Å². The number of ether oxygens (including phenoxy) is 1. The SMILES string of the molecule is CNc1nnc(SCSC2=C(C(=O)OC(c3ccccc3)c3ccccc3)N3C(=O)[C@@H](NC(=O)/C(=N\OC(c4ccccc4)(c4ccccc4)c4ccccc4)c4nc(NC(c5ccccc5)(c5ccccc5)c5ccccc5)sc4Cl)[C@H]3CC2)s1. The lowest BCUT2D eigenvalue weighted by atomic mass is 9.77. The van der Waals surface area contributed by atoms with Gasteiger partial charge in [-0.05, 0) is 40.7 Å². The van der Waals surface area contributed by atoms with Gasteiger partial charge < -0.3 is 25.5 Å². The predicted molar refractivity (Wildman–Crippen MR) is 344 cm³/mol. The number of nitrogens with zero attached hydrogens (tertiary/aromatic N) is 5. The zero-order valence-electron chi connectivity index (χ0n) is 46.2. The molecule has 0 saturated carbocycles. The summed E-state index contributed by atoms with van der Waals surface area (Å²) in [5.41, 5.74) is 3.89. The summed E-state index contributed by atoms with van der Waals surface area (Å²) >= 11 is 12.9. The van der Waals surface area contributed by atoms with Crippen LogP contribution in [0.25, 0.3) is 0 Å². The van der Waals surface area contributed by atoms with Crippen LogP contribution in [0.2, 0.25) is 4.34 Å². The van der Waals surface area contributed by atoms with Crippen molar-refractivity contribution in [1.82, 2.24) is 25.4 Å². The number of thiazole rings is 1. The highest BCUT2D eigenvalue weighted by Gasteiger charge is 2.55. The van der Waals surface area contributed by atoms with Crippen molar-refractivity contribution in [1.29, 1.82) is 0 Å². The highest BCUT2D eigenvalue weighted by Crippen LogP contribution is 2.46. The Morgan fingerprint density at radius 1 is 0.640 bits per heavy atom. The van der Waals surface area contributed by atoms with Gasteiger partial charge in [0.25, 0.3) is 11.8 Å². The molecule has 0 radical (unpaired) electrons. The Bertz CT molecular complexity index is 3790. The third-order valence-electron chi connectivity index (χ3n) is 15.1. The van der Waals surface area contributed by atoms with E-state index >= 15 is 14.4 Å². The predicted octanol–water partition coefficient (Wildman–Crippen LogP) is 14.3. The number of hydrogen-bond acceptors (Lipinski definition) is 15. The summed E-state index contributed by atoms with van der Waals surface area (Å²) in [5.74, 6) is -1.95. The molecule has 0 bridgehead atoms. The van der Waals surface area contributed by atoms with Crippen molar-refractivity contribution >= 4 is 91.6 Å². The smallest absolute Gasteiger partial charge is 0.356 e. The van der Waals surface area contributed by atoms with Crippen molar-refractivity contribution in [3.05, 3.63) is 308 Å². The second-order valence-corrected chi connectivity index (χ2v) is 25.3. The van der Waals surface area contributed by atoms with E-state index in [4.69, 9.17) is 31.3 Å². The van der Waals surface area contributed by atoms with E-state index in [-0.39, 0.29) is 21.4 Å². The number of carbonyl (C=O) groups excluding carboxylic acids is 3. The number of benzene rings is 8. The minimum Gasteiger partial charge on any atom is -0.448 e. The molecule has 0 spiro atoms. The summed E-state index contributed by atoms with van der Waals surface area (Å²) in [7, 11) is 1.79. The van der Waals surface area contributed by atoms with Crippen molar-refractivity contribution in [2.24, 2.45) is 5.16 Å². The number of thioether (sulfide) groups is 2. The summed E-state index contributed by atoms with van der Waals surface area (Å²) in [6, 6.07) is 76.5. The van der Waals surface area contributed by atoms with E-state index < -0.39 is 47.1 Å². The first-order valence-electron chi connectivity index (χ1n) is 27.7. The van der Waals surface area contributed by atoms with Gasteiger partial charge in [-0.3, -0.25) is 14.5 Å². The van der Waals surface area contributed by atoms with Gasteiger partial charge >= 0.3 is 5.97 Å². The van der Waals surface area contributed by atoms with Crippen LogP contribution in [0, 0.1) is 0 Å². The number of halogens is 1. The van der Waals surface area contributed by atoms with Crippen LogP contribution < -0.4 is 16.0 Å². The summed E-state index contributed by atoms with van der Waals surface area (Å²) in [4.78, 5) is 60.3. The van der Waals surface area contributed by atoms with Crippen LogP contribution in [0.4, 0.5) is 10.3 Å². The average Bonchev–Trinajstić information content (AvgIpc) is 0.985. The Morgan fingerprint density at radius 2 is 1.10 bits per heavy atom. The molecule has 1 saturated heterocycles. The molecular weight excluding hydrogens is 1170 g/mol. The lowest BCUT2D eigenvalue weighted by Gasteiger charge is -2.50. The zero-order valence-corrected chi connectivity index (χ0v) is 50.3. The number of nitrogens with one attached hydrogen (secondary N) is 3. The third kappa shape index (κ3) is 11.7. The Balaban J connectivity index is 0.937. The molecule has 428 valence electrons. The number of hydrogen-bond donors (Lipinski definition) is 3. The minimum atomic E-state index is -1.43. The van der Waals surface area contributed by atoms with E-state index in [1.54, 1.807) is 7.05 Å². The molecule has 2 aliphatic heterocycles. The number of aromatic nitrogens is 3. The van der Waals surface area contributed by atoms with Crippen LogP contribution in [0.5, 0.6) is 0 Å². The minimum absolute atomic E-state index is 0.0144. The summed E-state index contributed by atoms with van der Waals surface area (Å²) < 4.78 is 7.38. The number of esters is 1. The molecule has 12 rings (SSSR count). The Kier molecular flexibility index (Phi) is 17.5. The standard InChI is InChI=1S/C68H55ClN8O5S4/c1-70-64-74-75-66(86-64)84-44-83-54-43-42-53-55(62(79)77(53)58(54)63(80)81-59(45-26-10-2-11-27-45)46-28-12-3-13-29-46)71-61(78)57(76-82-68(50-36-20-7-21-37-50,51-38-22-8-23-39-51)52-40-24-9-25-41-52)56-60(69)85-65(72-56)73-67(47-30-14-4-15-31-47,48-32-16-5-17-33-48)49-34-18-6-19-35-49/h2-41,53,55,59H,42-44H2,1H3,(H,70,74)(H,71,78)(H,72,73)/b76-57-/t53-,55+/m1/s1. The molecule has 2 atom stereocenters. The summed E-state index contributed by atoms with van der Waals surface area (Å²) in [6.07, 6.45) is 0.0329. The average molecular weight is 1230 g/mol. The first-order valence-corrected chi connectivity index (χ1v) is 31.7. The van der Waals surface area contributed by atoms with E-state index in [1.165, 1.54) is 39.8 Å². The molecule has 1 fully saturated rings. The maximum absolute atomic E-state index is 15.7. The maximum atomic E-state index is 15.7. The summed E-state index contributed by atoms with van der Waals surface area (Å²) in [5, 5.41) is 24.8. The molecule has 86 heavy (non-hydrogen) atoms. The number of fused-ring (bicyclic) bond motifs is 1. The van der Waals surface area contributed by atoms with E-state index in [2.05, 4.69) is 62.5 Å². The van der Waals surface area contributed by atoms with E-state index in [0.717, 1.165) is 60.2 Å². The molecular formula is C68H55ClN8O5S4. The molecule has 2 aromatic heterocycles. The van der Waals surface area contributed by atoms with E-state index in [0.29, 0.717) is 33.1 Å². The molecule has 18 heteroatoms. The number of carbonyl (C=O) groups is 3. The second kappa shape index (κ2) is 26.2. The topological polar surface area (TPSA) is 160 Å². The quantitative estimate of drug-likeness (QED) is 0.0112. The van der Waals surface area contributed by atoms with E-state index in [9.17, 15) is 0 Å². The molecule has 10 aromatic rings. The molecule has 3 N–H and O–H groups in total. The number of rotatable bonds is 22. The molecule has 0 unspecified atom stereocenters. The fraction of sp³-hybridized carbons (Fsp3) is 0.132. The number of anilines is 2. The van der Waals surface area contributed by atoms with Crippen molar-refractivity contribution in [2.45, 2.75) is 46.5 Å². The van der Waals surface area contributed by atoms with Crippen LogP contribution in [0.1, 0.15) is 69.1 Å². The van der Waals surface area contributed by atoms with E-state index in [1.807, 2.05) is 206 Å². The van der Waals surface area contributed by atoms with Gasteiger partial charge in [-0.1, -0.05) is 294 Å². The van der Waals surface area contributed by atoms with Gasteiger partial charge in [0, 0.05) is 28.6 Å². The Labute approximate surface area is 519 Å². The Hall–Kier alpha value is -8.84. The van der Waals surface area contributed by atoms with Crippen LogP contribution in [-0.4, -0.2) is 67.8 Å². The highest BCUT2D eigenvalue weighted by molar-refractivity contribution is 8.18. The molecule has 13 nitrogen and oxygen atoms in total. The number of oxime groups is 1. The number of amides is 2. The van der Waals surface area contributed by atoms with Gasteiger partial charge in [0.2, 0.25) is 10.7 Å². The van der Waals surface area contributed by atoms with Gasteiger partial charge in [0.1, 0.15) is 27.3 Å². The molecule has 0 aliphatic carbocycles. The Morgan fingerprint density at radius 3 is 1.57 bits per heavy atom. The van der Waals surface area contributed by atoms with Crippen molar-refractivity contribution in [3.63, 3.8) is 0 Å².